The number of urea groups is 1. The fourth-order valence-electron chi connectivity index (χ4n) is 6.53. The Hall–Kier alpha value is -2.01. The Morgan fingerprint density at radius 1 is 1.27 bits per heavy atom. The van der Waals surface area contributed by atoms with Crippen LogP contribution in [-0.4, -0.2) is 27.5 Å². The number of fused-ring (bicyclic) bond motifs is 1. The summed E-state index contributed by atoms with van der Waals surface area (Å²) in [5, 5.41) is 13.6. The highest BCUT2D eigenvalue weighted by Gasteiger charge is 2.75. The third-order valence-corrected chi connectivity index (χ3v) is 8.96. The molecule has 1 unspecified atom stereocenters. The number of carboxylic acids is 1. The van der Waals surface area contributed by atoms with Crippen LogP contribution < -0.4 is 5.32 Å². The second-order valence-electron chi connectivity index (χ2n) is 12.4. The topological polar surface area (TPSA) is 69.6 Å². The van der Waals surface area contributed by atoms with Crippen molar-refractivity contribution in [2.75, 3.05) is 0 Å². The van der Waals surface area contributed by atoms with E-state index in [9.17, 15) is 14.7 Å². The Bertz CT molecular complexity index is 1040. The van der Waals surface area contributed by atoms with Gasteiger partial charge in [-0.05, 0) is 85.5 Å². The van der Waals surface area contributed by atoms with Gasteiger partial charge in [-0.1, -0.05) is 51.4 Å². The molecule has 0 saturated heterocycles. The van der Waals surface area contributed by atoms with E-state index in [0.29, 0.717) is 25.2 Å². The monoisotopic (exact) mass is 470 g/mol. The SMILES string of the molecule is CC1CC[C@]2(c3ccc(CCC(C)(C)C)c(Cl)c3)NC(=O)N(C34CC(C(=O)O)(C3)C4)C=C2C1. The lowest BCUT2D eigenvalue weighted by atomic mass is 9.38. The lowest BCUT2D eigenvalue weighted by Crippen LogP contribution is -2.78. The number of aliphatic carboxylic acids is 1. The molecule has 4 saturated carbocycles. The molecule has 1 heterocycles. The Morgan fingerprint density at radius 3 is 2.58 bits per heavy atom. The van der Waals surface area contributed by atoms with Gasteiger partial charge >= 0.3 is 12.0 Å². The average molecular weight is 471 g/mol. The van der Waals surface area contributed by atoms with E-state index in [-0.39, 0.29) is 17.0 Å². The van der Waals surface area contributed by atoms with Crippen LogP contribution in [0.4, 0.5) is 4.79 Å². The average Bonchev–Trinajstić information content (AvgIpc) is 2.64. The van der Waals surface area contributed by atoms with Crippen molar-refractivity contribution in [1.29, 1.82) is 0 Å². The Labute approximate surface area is 201 Å². The number of carbonyl (C=O) groups is 2. The van der Waals surface area contributed by atoms with Crippen LogP contribution in [0.1, 0.15) is 83.8 Å². The molecule has 2 bridgehead atoms. The van der Waals surface area contributed by atoms with Crippen LogP contribution >= 0.6 is 11.6 Å². The summed E-state index contributed by atoms with van der Waals surface area (Å²) in [4.78, 5) is 26.8. The van der Waals surface area contributed by atoms with Crippen LogP contribution in [0.5, 0.6) is 0 Å². The summed E-state index contributed by atoms with van der Waals surface area (Å²) in [6.45, 7) is 8.97. The van der Waals surface area contributed by atoms with E-state index in [1.807, 2.05) is 4.90 Å². The van der Waals surface area contributed by atoms with Crippen LogP contribution in [0.2, 0.25) is 5.02 Å². The second-order valence-corrected chi connectivity index (χ2v) is 12.8. The maximum Gasteiger partial charge on any atom is 0.322 e. The molecule has 2 amide bonds. The molecule has 5 aliphatic rings. The molecule has 4 fully saturated rings. The molecule has 6 rings (SSSR count). The number of nitrogens with one attached hydrogen (secondary N) is 1. The zero-order chi connectivity index (χ0) is 23.8. The van der Waals surface area contributed by atoms with Gasteiger partial charge in [-0.2, -0.15) is 0 Å². The molecule has 2 atom stereocenters. The molecule has 1 aliphatic heterocycles. The van der Waals surface area contributed by atoms with Crippen LogP contribution in [0.25, 0.3) is 0 Å². The zero-order valence-electron chi connectivity index (χ0n) is 20.1. The van der Waals surface area contributed by atoms with Gasteiger partial charge in [-0.25, -0.2) is 4.79 Å². The van der Waals surface area contributed by atoms with Crippen LogP contribution in [-0.2, 0) is 16.8 Å². The summed E-state index contributed by atoms with van der Waals surface area (Å²) in [5.41, 5.74) is 2.21. The number of carbonyl (C=O) groups excluding carboxylic acids is 1. The lowest BCUT2D eigenvalue weighted by Gasteiger charge is -2.71. The summed E-state index contributed by atoms with van der Waals surface area (Å²) in [6.07, 6.45) is 8.53. The highest BCUT2D eigenvalue weighted by atomic mass is 35.5. The largest absolute Gasteiger partial charge is 0.481 e. The molecule has 0 spiro atoms. The first-order chi connectivity index (χ1) is 15.4. The van der Waals surface area contributed by atoms with Crippen molar-refractivity contribution in [2.45, 2.75) is 90.1 Å². The molecule has 4 aliphatic carbocycles. The van der Waals surface area contributed by atoms with E-state index in [1.165, 1.54) is 5.57 Å². The van der Waals surface area contributed by atoms with E-state index in [0.717, 1.165) is 48.3 Å². The first-order valence-electron chi connectivity index (χ1n) is 12.2. The maximum atomic E-state index is 13.4. The summed E-state index contributed by atoms with van der Waals surface area (Å²) < 4.78 is 0. The smallest absolute Gasteiger partial charge is 0.322 e. The quantitative estimate of drug-likeness (QED) is 0.534. The number of nitrogens with zero attached hydrogens (tertiary/aromatic N) is 1. The van der Waals surface area contributed by atoms with Gasteiger partial charge in [0.15, 0.2) is 0 Å². The first-order valence-corrected chi connectivity index (χ1v) is 12.6. The number of aryl methyl sites for hydroxylation is 1. The third kappa shape index (κ3) is 3.50. The molecule has 2 N–H and O–H groups in total. The van der Waals surface area contributed by atoms with Crippen LogP contribution in [0, 0.1) is 16.7 Å². The van der Waals surface area contributed by atoms with Crippen molar-refractivity contribution in [3.63, 3.8) is 0 Å². The van der Waals surface area contributed by atoms with E-state index >= 15 is 0 Å². The molecule has 0 radical (unpaired) electrons. The Morgan fingerprint density at radius 2 is 1.97 bits per heavy atom. The minimum absolute atomic E-state index is 0.111. The van der Waals surface area contributed by atoms with Crippen molar-refractivity contribution in [1.82, 2.24) is 10.2 Å². The van der Waals surface area contributed by atoms with Crippen molar-refractivity contribution < 1.29 is 14.7 Å². The van der Waals surface area contributed by atoms with Gasteiger partial charge < -0.3 is 10.4 Å². The molecule has 1 aromatic rings. The minimum atomic E-state index is -0.726. The molecule has 1 aromatic carbocycles. The summed E-state index contributed by atoms with van der Waals surface area (Å²) in [5.74, 6) is -0.183. The molecule has 178 valence electrons. The Balaban J connectivity index is 1.45. The van der Waals surface area contributed by atoms with E-state index in [2.05, 4.69) is 57.4 Å². The predicted molar refractivity (Wildman–Crippen MR) is 129 cm³/mol. The molecule has 0 aromatic heterocycles. The van der Waals surface area contributed by atoms with Gasteiger partial charge in [0.2, 0.25) is 0 Å². The number of rotatable bonds is 5. The predicted octanol–water partition coefficient (Wildman–Crippen LogP) is 6.25. The number of hydrogen-bond acceptors (Lipinski definition) is 2. The fraction of sp³-hybridized carbons (Fsp3) is 0.630. The zero-order valence-corrected chi connectivity index (χ0v) is 20.9. The molecular formula is C27H35ClN2O3. The summed E-state index contributed by atoms with van der Waals surface area (Å²) >= 11 is 6.76. The van der Waals surface area contributed by atoms with Gasteiger partial charge in [-0.15, -0.1) is 0 Å². The van der Waals surface area contributed by atoms with Gasteiger partial charge in [0.25, 0.3) is 0 Å². The number of hydrogen-bond donors (Lipinski definition) is 2. The number of halogens is 1. The summed E-state index contributed by atoms with van der Waals surface area (Å²) in [7, 11) is 0. The van der Waals surface area contributed by atoms with Gasteiger partial charge in [0.05, 0.1) is 16.5 Å². The first kappa shape index (κ1) is 22.8. The molecule has 5 nitrogen and oxygen atoms in total. The van der Waals surface area contributed by atoms with Crippen LogP contribution in [0.3, 0.4) is 0 Å². The van der Waals surface area contributed by atoms with Crippen molar-refractivity contribution in [2.24, 2.45) is 16.7 Å². The van der Waals surface area contributed by atoms with Crippen LogP contribution in [0.15, 0.2) is 30.0 Å². The Kier molecular flexibility index (Phi) is 5.00. The van der Waals surface area contributed by atoms with E-state index < -0.39 is 16.9 Å². The highest BCUT2D eigenvalue weighted by Crippen LogP contribution is 2.70. The molecular weight excluding hydrogens is 436 g/mol. The van der Waals surface area contributed by atoms with Crippen molar-refractivity contribution in [3.05, 3.63) is 46.1 Å². The molecule has 33 heavy (non-hydrogen) atoms. The van der Waals surface area contributed by atoms with Crippen molar-refractivity contribution in [3.8, 4) is 0 Å². The highest BCUT2D eigenvalue weighted by molar-refractivity contribution is 6.31. The standard InChI is InChI=1S/C27H35ClN2O3/c1-17-7-10-27(19-6-5-18(21(28)12-19)8-9-24(2,3)4)20(11-17)13-30(23(33)29-27)26-14-25(15-26,16-26)22(31)32/h5-6,12-13,17H,7-11,14-16H2,1-4H3,(H,29,33)(H,31,32)/t17?,25?,26?,27-/m1/s1. The number of carboxylic acid groups (broad SMARTS) is 1. The normalized spacial score (nSPS) is 35.1. The number of benzene rings is 1. The van der Waals surface area contributed by atoms with Crippen molar-refractivity contribution >= 4 is 23.6 Å². The third-order valence-electron chi connectivity index (χ3n) is 8.61. The van der Waals surface area contributed by atoms with Gasteiger partial charge in [0.1, 0.15) is 0 Å². The minimum Gasteiger partial charge on any atom is -0.481 e. The van der Waals surface area contributed by atoms with Gasteiger partial charge in [0, 0.05) is 11.2 Å². The molecule has 6 heteroatoms. The maximum absolute atomic E-state index is 13.4. The van der Waals surface area contributed by atoms with E-state index in [1.54, 1.807) is 0 Å². The number of amides is 2. The van der Waals surface area contributed by atoms with Gasteiger partial charge in [-0.3, -0.25) is 9.69 Å². The lowest BCUT2D eigenvalue weighted by molar-refractivity contribution is -0.215. The fourth-order valence-corrected chi connectivity index (χ4v) is 6.81. The second kappa shape index (κ2) is 7.24. The van der Waals surface area contributed by atoms with E-state index in [4.69, 9.17) is 11.6 Å². The summed E-state index contributed by atoms with van der Waals surface area (Å²) in [6, 6.07) is 6.22.